The van der Waals surface area contributed by atoms with E-state index in [1.807, 2.05) is 24.1 Å². The summed E-state index contributed by atoms with van der Waals surface area (Å²) in [5, 5.41) is 7.80. The number of aryl methyl sites for hydroxylation is 1. The number of nitrogens with zero attached hydrogens (tertiary/aromatic N) is 5. The number of halogens is 3. The number of hydrogen-bond acceptors (Lipinski definition) is 9. The van der Waals surface area contributed by atoms with Crippen molar-refractivity contribution < 1.29 is 31.1 Å². The quantitative estimate of drug-likeness (QED) is 0.377. The number of amides is 1. The number of ether oxygens (including phenoxy) is 1. The first-order valence-electron chi connectivity index (χ1n) is 13.0. The number of aromatic nitrogens is 3. The lowest BCUT2D eigenvalue weighted by Gasteiger charge is -2.35. The van der Waals surface area contributed by atoms with E-state index < -0.39 is 34.3 Å². The fraction of sp³-hybridized carbons (Fsp3) is 0.407. The van der Waals surface area contributed by atoms with Gasteiger partial charge in [-0.3, -0.25) is 14.7 Å². The van der Waals surface area contributed by atoms with Gasteiger partial charge in [0.05, 0.1) is 25.0 Å². The molecule has 1 amide bonds. The summed E-state index contributed by atoms with van der Waals surface area (Å²) >= 11 is 0. The van der Waals surface area contributed by atoms with Crippen LogP contribution in [0.1, 0.15) is 35.0 Å². The van der Waals surface area contributed by atoms with Gasteiger partial charge in [0, 0.05) is 44.5 Å². The molecule has 0 spiro atoms. The minimum Gasteiger partial charge on any atom is -0.492 e. The van der Waals surface area contributed by atoms with Crippen molar-refractivity contribution in [2.45, 2.75) is 33.0 Å². The molecule has 10 nitrogen and oxygen atoms in total. The zero-order valence-electron chi connectivity index (χ0n) is 22.7. The molecule has 0 unspecified atom stereocenters. The van der Waals surface area contributed by atoms with Gasteiger partial charge in [-0.2, -0.15) is 13.2 Å². The molecule has 3 aromatic rings. The molecule has 4 rings (SSSR count). The SMILES string of the molecule is CCOc1cncc(-c2ccc(CN3CCN(c4ccc(C(=O)NS(=O)(=O)CCC(F)(F)F)nn4)CC3)cc2C)c1. The first kappa shape index (κ1) is 30.2. The highest BCUT2D eigenvalue weighted by molar-refractivity contribution is 7.90. The summed E-state index contributed by atoms with van der Waals surface area (Å²) in [5.41, 5.74) is 4.13. The van der Waals surface area contributed by atoms with Gasteiger partial charge in [0.2, 0.25) is 10.0 Å². The predicted molar refractivity (Wildman–Crippen MR) is 147 cm³/mol. The standard InChI is InChI=1S/C27H31F3N6O4S/c1-3-40-22-15-21(16-31-17-22)23-5-4-20(14-19(23)2)18-35-9-11-36(12-10-35)25-7-6-24(32-33-25)26(37)34-41(38,39)13-8-27(28,29)30/h4-7,14-17H,3,8-13,18H2,1-2H3,(H,34,37). The van der Waals surface area contributed by atoms with Gasteiger partial charge in [0.25, 0.3) is 5.91 Å². The van der Waals surface area contributed by atoms with E-state index in [1.54, 1.807) is 10.9 Å². The van der Waals surface area contributed by atoms with Gasteiger partial charge in [-0.25, -0.2) is 13.1 Å². The number of rotatable bonds is 10. The van der Waals surface area contributed by atoms with E-state index in [0.717, 1.165) is 42.1 Å². The number of carbonyl (C=O) groups is 1. The van der Waals surface area contributed by atoms with E-state index in [-0.39, 0.29) is 5.69 Å². The average Bonchev–Trinajstić information content (AvgIpc) is 2.92. The van der Waals surface area contributed by atoms with E-state index in [0.29, 0.717) is 25.5 Å². The summed E-state index contributed by atoms with van der Waals surface area (Å²) < 4.78 is 67.6. The molecule has 3 heterocycles. The number of piperazine rings is 1. The molecule has 1 aromatic carbocycles. The number of nitrogens with one attached hydrogen (secondary N) is 1. The average molecular weight is 593 g/mol. The molecule has 1 fully saturated rings. The van der Waals surface area contributed by atoms with E-state index in [9.17, 15) is 26.4 Å². The molecular formula is C27H31F3N6O4S. The van der Waals surface area contributed by atoms with Crippen molar-refractivity contribution in [3.8, 4) is 16.9 Å². The van der Waals surface area contributed by atoms with Crippen LogP contribution < -0.4 is 14.4 Å². The number of sulfonamides is 1. The Hall–Kier alpha value is -3.78. The van der Waals surface area contributed by atoms with Gasteiger partial charge in [-0.1, -0.05) is 18.2 Å². The van der Waals surface area contributed by atoms with E-state index in [1.165, 1.54) is 17.7 Å². The number of anilines is 1. The Morgan fingerprint density at radius 2 is 1.80 bits per heavy atom. The molecule has 1 saturated heterocycles. The molecule has 0 aliphatic carbocycles. The Balaban J connectivity index is 1.29. The monoisotopic (exact) mass is 592 g/mol. The fourth-order valence-electron chi connectivity index (χ4n) is 4.46. The maximum absolute atomic E-state index is 12.3. The zero-order valence-corrected chi connectivity index (χ0v) is 23.5. The summed E-state index contributed by atoms with van der Waals surface area (Å²) in [6, 6.07) is 11.2. The Morgan fingerprint density at radius 3 is 2.44 bits per heavy atom. The van der Waals surface area contributed by atoms with Crippen LogP contribution in [0.4, 0.5) is 19.0 Å². The molecule has 2 aromatic heterocycles. The van der Waals surface area contributed by atoms with Gasteiger partial charge < -0.3 is 9.64 Å². The molecule has 1 N–H and O–H groups in total. The Morgan fingerprint density at radius 1 is 1.05 bits per heavy atom. The third-order valence-corrected chi connectivity index (χ3v) is 7.75. The maximum atomic E-state index is 12.3. The van der Waals surface area contributed by atoms with Crippen LogP contribution >= 0.6 is 0 Å². The molecule has 0 bridgehead atoms. The number of carbonyl (C=O) groups excluding carboxylic acids is 1. The largest absolute Gasteiger partial charge is 0.492 e. The highest BCUT2D eigenvalue weighted by Gasteiger charge is 2.31. The second-order valence-corrected chi connectivity index (χ2v) is 11.5. The zero-order chi connectivity index (χ0) is 29.6. The minimum absolute atomic E-state index is 0.304. The molecule has 0 radical (unpaired) electrons. The lowest BCUT2D eigenvalue weighted by Crippen LogP contribution is -2.46. The number of benzene rings is 1. The van der Waals surface area contributed by atoms with Crippen LogP contribution in [0.5, 0.6) is 5.75 Å². The van der Waals surface area contributed by atoms with Gasteiger partial charge in [-0.15, -0.1) is 10.2 Å². The number of pyridine rings is 1. The second-order valence-electron chi connectivity index (χ2n) is 9.65. The van der Waals surface area contributed by atoms with E-state index in [2.05, 4.69) is 45.2 Å². The first-order chi connectivity index (χ1) is 19.4. The molecule has 0 atom stereocenters. The van der Waals surface area contributed by atoms with Crippen LogP contribution in [-0.4, -0.2) is 79.1 Å². The molecule has 14 heteroatoms. The van der Waals surface area contributed by atoms with Crippen molar-refractivity contribution in [1.29, 1.82) is 0 Å². The molecule has 1 aliphatic heterocycles. The number of hydrogen-bond donors (Lipinski definition) is 1. The highest BCUT2D eigenvalue weighted by Crippen LogP contribution is 2.27. The van der Waals surface area contributed by atoms with Gasteiger partial charge >= 0.3 is 6.18 Å². The topological polar surface area (TPSA) is 118 Å². The van der Waals surface area contributed by atoms with E-state index >= 15 is 0 Å². The Labute approximate surface area is 236 Å². The number of alkyl halides is 3. The normalized spacial score (nSPS) is 14.6. The predicted octanol–water partition coefficient (Wildman–Crippen LogP) is 3.58. The summed E-state index contributed by atoms with van der Waals surface area (Å²) in [7, 11) is -4.46. The molecule has 0 saturated carbocycles. The lowest BCUT2D eigenvalue weighted by atomic mass is 9.99. The van der Waals surface area contributed by atoms with Crippen molar-refractivity contribution in [3.63, 3.8) is 0 Å². The van der Waals surface area contributed by atoms with Crippen LogP contribution in [0, 0.1) is 6.92 Å². The third-order valence-electron chi connectivity index (χ3n) is 6.51. The minimum atomic E-state index is -4.65. The van der Waals surface area contributed by atoms with Crippen molar-refractivity contribution in [2.75, 3.05) is 43.4 Å². The fourth-order valence-corrected chi connectivity index (χ4v) is 5.45. The van der Waals surface area contributed by atoms with Crippen molar-refractivity contribution >= 4 is 21.7 Å². The molecular weight excluding hydrogens is 561 g/mol. The summed E-state index contributed by atoms with van der Waals surface area (Å²) in [6.07, 6.45) is -2.68. The summed E-state index contributed by atoms with van der Waals surface area (Å²) in [4.78, 5) is 20.8. The maximum Gasteiger partial charge on any atom is 0.390 e. The third kappa shape index (κ3) is 8.60. The summed E-state index contributed by atoms with van der Waals surface area (Å²) in [5.74, 6) is -1.12. The highest BCUT2D eigenvalue weighted by atomic mass is 32.2. The lowest BCUT2D eigenvalue weighted by molar-refractivity contribution is -0.130. The first-order valence-corrected chi connectivity index (χ1v) is 14.7. The second kappa shape index (κ2) is 12.8. The van der Waals surface area contributed by atoms with Gasteiger partial charge in [0.15, 0.2) is 11.5 Å². The van der Waals surface area contributed by atoms with Crippen molar-refractivity contribution in [2.24, 2.45) is 0 Å². The van der Waals surface area contributed by atoms with E-state index in [4.69, 9.17) is 4.74 Å². The Bertz CT molecular complexity index is 1460. The van der Waals surface area contributed by atoms with Gasteiger partial charge in [-0.05, 0) is 48.7 Å². The van der Waals surface area contributed by atoms with Crippen molar-refractivity contribution in [1.82, 2.24) is 24.8 Å². The van der Waals surface area contributed by atoms with Crippen molar-refractivity contribution in [3.05, 3.63) is 65.6 Å². The van der Waals surface area contributed by atoms with Crippen LogP contribution in [0.3, 0.4) is 0 Å². The smallest absolute Gasteiger partial charge is 0.390 e. The summed E-state index contributed by atoms with van der Waals surface area (Å²) in [6.45, 7) is 8.23. The molecule has 220 valence electrons. The molecule has 41 heavy (non-hydrogen) atoms. The molecule has 1 aliphatic rings. The van der Waals surface area contributed by atoms with Crippen LogP contribution in [0.2, 0.25) is 0 Å². The van der Waals surface area contributed by atoms with Gasteiger partial charge in [0.1, 0.15) is 5.75 Å². The van der Waals surface area contributed by atoms with Crippen LogP contribution in [0.25, 0.3) is 11.1 Å². The van der Waals surface area contributed by atoms with Crippen LogP contribution in [-0.2, 0) is 16.6 Å². The Kier molecular flexibility index (Phi) is 9.43. The van der Waals surface area contributed by atoms with Crippen LogP contribution in [0.15, 0.2) is 48.8 Å².